The lowest BCUT2D eigenvalue weighted by molar-refractivity contribution is 0.159. The highest BCUT2D eigenvalue weighted by Gasteiger charge is 2.24. The number of thiol groups is 1. The number of aliphatic hydroxyl groups is 1. The number of rotatable bonds is 7. The van der Waals surface area contributed by atoms with Crippen molar-refractivity contribution in [3.8, 4) is 0 Å². The van der Waals surface area contributed by atoms with Gasteiger partial charge in [0, 0.05) is 19.7 Å². The van der Waals surface area contributed by atoms with Crippen molar-refractivity contribution in [3.63, 3.8) is 0 Å². The zero-order chi connectivity index (χ0) is 11.9. The van der Waals surface area contributed by atoms with Gasteiger partial charge >= 0.3 is 0 Å². The Morgan fingerprint density at radius 2 is 1.93 bits per heavy atom. The Hall–Kier alpha value is 0.270. The molecule has 0 heterocycles. The van der Waals surface area contributed by atoms with Gasteiger partial charge in [-0.05, 0) is 30.1 Å². The van der Waals surface area contributed by atoms with Gasteiger partial charge in [0.25, 0.3) is 0 Å². The summed E-state index contributed by atoms with van der Waals surface area (Å²) in [5.41, 5.74) is 0.314. The van der Waals surface area contributed by atoms with Crippen molar-refractivity contribution in [2.75, 3.05) is 32.0 Å². The summed E-state index contributed by atoms with van der Waals surface area (Å²) >= 11 is 4.44. The molecular formula is C12H27NOS. The van der Waals surface area contributed by atoms with E-state index >= 15 is 0 Å². The molecule has 0 aliphatic heterocycles. The molecule has 3 heteroatoms. The second-order valence-corrected chi connectivity index (χ2v) is 5.58. The Balaban J connectivity index is 4.12. The molecule has 0 rings (SSSR count). The third kappa shape index (κ3) is 6.44. The molecule has 0 aromatic rings. The minimum absolute atomic E-state index is 0.289. The van der Waals surface area contributed by atoms with Gasteiger partial charge in [-0.3, -0.25) is 0 Å². The van der Waals surface area contributed by atoms with Gasteiger partial charge in [0.1, 0.15) is 0 Å². The maximum absolute atomic E-state index is 8.82. The molecule has 1 atom stereocenters. The smallest absolute Gasteiger partial charge is 0.0443 e. The molecule has 2 nitrogen and oxygen atoms in total. The highest BCUT2D eigenvalue weighted by atomic mass is 32.1. The Labute approximate surface area is 100 Å². The standard InChI is InChI=1S/C12H27NOS/c1-5-13(7-6-8-14)9-11(10-15)12(2,3)4/h11,14-15H,5-10H2,1-4H3. The lowest BCUT2D eigenvalue weighted by Crippen LogP contribution is -2.37. The van der Waals surface area contributed by atoms with Crippen molar-refractivity contribution >= 4 is 12.6 Å². The third-order valence-electron chi connectivity index (χ3n) is 3.00. The van der Waals surface area contributed by atoms with E-state index in [1.54, 1.807) is 0 Å². The number of hydrogen-bond acceptors (Lipinski definition) is 3. The van der Waals surface area contributed by atoms with Gasteiger partial charge < -0.3 is 10.0 Å². The second-order valence-electron chi connectivity index (χ2n) is 5.22. The Morgan fingerprint density at radius 3 is 2.27 bits per heavy atom. The average Bonchev–Trinajstić information content (AvgIpc) is 2.16. The zero-order valence-corrected chi connectivity index (χ0v) is 11.6. The molecular weight excluding hydrogens is 206 g/mol. The van der Waals surface area contributed by atoms with Crippen LogP contribution in [0.5, 0.6) is 0 Å². The van der Waals surface area contributed by atoms with Crippen LogP contribution < -0.4 is 0 Å². The van der Waals surface area contributed by atoms with Crippen molar-refractivity contribution in [3.05, 3.63) is 0 Å². The van der Waals surface area contributed by atoms with Crippen LogP contribution in [0.3, 0.4) is 0 Å². The first-order chi connectivity index (χ1) is 6.95. The predicted molar refractivity (Wildman–Crippen MR) is 70.6 cm³/mol. The number of nitrogens with zero attached hydrogens (tertiary/aromatic N) is 1. The van der Waals surface area contributed by atoms with Crippen LogP contribution in [-0.2, 0) is 0 Å². The van der Waals surface area contributed by atoms with E-state index in [0.29, 0.717) is 11.3 Å². The fourth-order valence-corrected chi connectivity index (χ4v) is 2.25. The fourth-order valence-electron chi connectivity index (χ4n) is 1.59. The molecule has 0 fully saturated rings. The highest BCUT2D eigenvalue weighted by Crippen LogP contribution is 2.27. The molecule has 0 aliphatic rings. The lowest BCUT2D eigenvalue weighted by Gasteiger charge is -2.34. The van der Waals surface area contributed by atoms with E-state index in [0.717, 1.165) is 31.8 Å². The SMILES string of the molecule is CCN(CCCO)CC(CS)C(C)(C)C. The van der Waals surface area contributed by atoms with Crippen molar-refractivity contribution < 1.29 is 5.11 Å². The first-order valence-corrected chi connectivity index (χ1v) is 6.53. The fraction of sp³-hybridized carbons (Fsp3) is 1.00. The summed E-state index contributed by atoms with van der Waals surface area (Å²) in [6.07, 6.45) is 0.872. The minimum Gasteiger partial charge on any atom is -0.396 e. The van der Waals surface area contributed by atoms with Crippen LogP contribution in [0.4, 0.5) is 0 Å². The van der Waals surface area contributed by atoms with Crippen molar-refractivity contribution in [1.29, 1.82) is 0 Å². The molecule has 92 valence electrons. The number of hydrogen-bond donors (Lipinski definition) is 2. The molecule has 0 aliphatic carbocycles. The van der Waals surface area contributed by atoms with Crippen LogP contribution in [-0.4, -0.2) is 42.0 Å². The van der Waals surface area contributed by atoms with E-state index in [2.05, 4.69) is 45.2 Å². The largest absolute Gasteiger partial charge is 0.396 e. The molecule has 0 aromatic heterocycles. The summed E-state index contributed by atoms with van der Waals surface area (Å²) in [7, 11) is 0. The zero-order valence-electron chi connectivity index (χ0n) is 10.7. The maximum Gasteiger partial charge on any atom is 0.0443 e. The van der Waals surface area contributed by atoms with E-state index < -0.39 is 0 Å². The maximum atomic E-state index is 8.82. The quantitative estimate of drug-likeness (QED) is 0.659. The molecule has 0 saturated heterocycles. The van der Waals surface area contributed by atoms with E-state index in [1.165, 1.54) is 0 Å². The Morgan fingerprint density at radius 1 is 1.33 bits per heavy atom. The third-order valence-corrected chi connectivity index (χ3v) is 3.44. The van der Waals surface area contributed by atoms with Crippen LogP contribution in [0.15, 0.2) is 0 Å². The molecule has 0 radical (unpaired) electrons. The molecule has 1 unspecified atom stereocenters. The van der Waals surface area contributed by atoms with E-state index in [9.17, 15) is 0 Å². The summed E-state index contributed by atoms with van der Waals surface area (Å²) < 4.78 is 0. The molecule has 0 bridgehead atoms. The Bertz CT molecular complexity index is 156. The number of aliphatic hydroxyl groups excluding tert-OH is 1. The molecule has 0 spiro atoms. The van der Waals surface area contributed by atoms with Crippen LogP contribution >= 0.6 is 12.6 Å². The van der Waals surface area contributed by atoms with E-state index in [4.69, 9.17) is 5.11 Å². The molecule has 0 amide bonds. The summed E-state index contributed by atoms with van der Waals surface area (Å²) in [6, 6.07) is 0. The van der Waals surface area contributed by atoms with Crippen molar-refractivity contribution in [2.45, 2.75) is 34.1 Å². The summed E-state index contributed by atoms with van der Waals surface area (Å²) in [6.45, 7) is 12.4. The first-order valence-electron chi connectivity index (χ1n) is 5.89. The summed E-state index contributed by atoms with van der Waals surface area (Å²) in [4.78, 5) is 2.41. The van der Waals surface area contributed by atoms with Crippen molar-refractivity contribution in [2.24, 2.45) is 11.3 Å². The van der Waals surface area contributed by atoms with Gasteiger partial charge in [-0.1, -0.05) is 27.7 Å². The minimum atomic E-state index is 0.289. The lowest BCUT2D eigenvalue weighted by atomic mass is 9.81. The van der Waals surface area contributed by atoms with E-state index in [1.807, 2.05) is 0 Å². The molecule has 1 N–H and O–H groups in total. The summed E-state index contributed by atoms with van der Waals surface area (Å²) in [5, 5.41) is 8.82. The highest BCUT2D eigenvalue weighted by molar-refractivity contribution is 7.80. The van der Waals surface area contributed by atoms with Gasteiger partial charge in [-0.2, -0.15) is 12.6 Å². The van der Waals surface area contributed by atoms with Crippen LogP contribution in [0.2, 0.25) is 0 Å². The van der Waals surface area contributed by atoms with Gasteiger partial charge in [0.05, 0.1) is 0 Å². The average molecular weight is 233 g/mol. The molecule has 15 heavy (non-hydrogen) atoms. The van der Waals surface area contributed by atoms with Crippen molar-refractivity contribution in [1.82, 2.24) is 4.90 Å². The summed E-state index contributed by atoms with van der Waals surface area (Å²) in [5.74, 6) is 1.54. The van der Waals surface area contributed by atoms with Gasteiger partial charge in [-0.25, -0.2) is 0 Å². The molecule has 0 aromatic carbocycles. The predicted octanol–water partition coefficient (Wildman–Crippen LogP) is 2.28. The van der Waals surface area contributed by atoms with Crippen LogP contribution in [0.1, 0.15) is 34.1 Å². The first kappa shape index (κ1) is 15.3. The van der Waals surface area contributed by atoms with E-state index in [-0.39, 0.29) is 6.61 Å². The monoisotopic (exact) mass is 233 g/mol. The second kappa shape index (κ2) is 7.53. The normalized spacial score (nSPS) is 14.6. The van der Waals surface area contributed by atoms with Crippen LogP contribution in [0.25, 0.3) is 0 Å². The van der Waals surface area contributed by atoms with Gasteiger partial charge in [-0.15, -0.1) is 0 Å². The van der Waals surface area contributed by atoms with Gasteiger partial charge in [0.15, 0.2) is 0 Å². The Kier molecular flexibility index (Phi) is 7.66. The topological polar surface area (TPSA) is 23.5 Å². The van der Waals surface area contributed by atoms with Crippen LogP contribution in [0, 0.1) is 11.3 Å². The molecule has 0 saturated carbocycles. The van der Waals surface area contributed by atoms with Gasteiger partial charge in [0.2, 0.25) is 0 Å².